The lowest BCUT2D eigenvalue weighted by molar-refractivity contribution is -0.142. The van der Waals surface area contributed by atoms with Crippen molar-refractivity contribution in [3.63, 3.8) is 0 Å². The van der Waals surface area contributed by atoms with Crippen LogP contribution in [0.3, 0.4) is 0 Å². The molecular weight excluding hydrogens is 1110 g/mol. The fourth-order valence-corrected chi connectivity index (χ4v) is 8.09. The van der Waals surface area contributed by atoms with Gasteiger partial charge in [-0.2, -0.15) is 0 Å². The van der Waals surface area contributed by atoms with E-state index in [1.54, 1.807) is 0 Å². The molecule has 84 heavy (non-hydrogen) atoms. The molecule has 0 aliphatic heterocycles. The summed E-state index contributed by atoms with van der Waals surface area (Å²) in [7, 11) is 0. The number of carbonyl (C=O) groups excluding carboxylic acids is 4. The van der Waals surface area contributed by atoms with Gasteiger partial charge >= 0.3 is 41.9 Å². The van der Waals surface area contributed by atoms with Crippen molar-refractivity contribution in [2.45, 2.75) is 88.3 Å². The van der Waals surface area contributed by atoms with Crippen molar-refractivity contribution in [2.75, 3.05) is 112 Å². The Morgan fingerprint density at radius 1 is 0.429 bits per heavy atom. The second kappa shape index (κ2) is 39.9. The van der Waals surface area contributed by atoms with Crippen LogP contribution in [0.1, 0.15) is 76.2 Å². The first-order valence-corrected chi connectivity index (χ1v) is 27.1. The van der Waals surface area contributed by atoms with E-state index in [1.165, 1.54) is 0 Å². The molecule has 3 aromatic carbocycles. The summed E-state index contributed by atoms with van der Waals surface area (Å²) in [5.41, 5.74) is -2.26. The summed E-state index contributed by atoms with van der Waals surface area (Å²) in [5, 5.41) is 66.7. The molecule has 0 bridgehead atoms. The van der Waals surface area contributed by atoms with Gasteiger partial charge in [0.1, 0.15) is 23.5 Å². The fraction of sp³-hybridized carbons (Fsp3) is 0.571. The Balaban J connectivity index is 1.71. The number of nitrogens with one attached hydrogen (secondary N) is 3. The van der Waals surface area contributed by atoms with Crippen LogP contribution in [0.15, 0.2) is 54.6 Å². The summed E-state index contributed by atoms with van der Waals surface area (Å²) in [6, 6.07) is 17.6. The molecule has 0 aromatic heterocycles. The Morgan fingerprint density at radius 2 is 0.762 bits per heavy atom. The zero-order chi connectivity index (χ0) is 61.6. The van der Waals surface area contributed by atoms with Crippen LogP contribution in [0.4, 0.5) is 4.79 Å². The van der Waals surface area contributed by atoms with Gasteiger partial charge in [0.25, 0.3) is 0 Å². The molecule has 9 N–H and O–H groups in total. The van der Waals surface area contributed by atoms with Crippen molar-refractivity contribution < 1.29 is 121 Å². The van der Waals surface area contributed by atoms with Crippen LogP contribution in [-0.2, 0) is 92.4 Å². The summed E-state index contributed by atoms with van der Waals surface area (Å²) in [6.45, 7) is -4.73. The summed E-state index contributed by atoms with van der Waals surface area (Å²) >= 11 is 0. The predicted molar refractivity (Wildman–Crippen MR) is 293 cm³/mol. The lowest BCUT2D eigenvalue weighted by Crippen LogP contribution is -2.59. The molecule has 0 atom stereocenters. The van der Waals surface area contributed by atoms with E-state index in [9.17, 15) is 47.9 Å². The van der Waals surface area contributed by atoms with Gasteiger partial charge in [-0.1, -0.05) is 48.5 Å². The van der Waals surface area contributed by atoms with E-state index in [1.807, 2.05) is 48.5 Å². The van der Waals surface area contributed by atoms with Gasteiger partial charge in [0.2, 0.25) is 11.8 Å². The minimum absolute atomic E-state index is 0.00886. The van der Waals surface area contributed by atoms with Crippen molar-refractivity contribution in [1.29, 1.82) is 0 Å². The summed E-state index contributed by atoms with van der Waals surface area (Å²) < 4.78 is 50.6. The molecule has 0 aliphatic carbocycles. The zero-order valence-corrected chi connectivity index (χ0v) is 46.7. The number of aliphatic carboxylic acids is 6. The van der Waals surface area contributed by atoms with Crippen molar-refractivity contribution in [1.82, 2.24) is 16.0 Å². The monoisotopic (exact) mass is 1190 g/mol. The van der Waals surface area contributed by atoms with E-state index in [-0.39, 0.29) is 157 Å². The first kappa shape index (κ1) is 70.8. The maximum absolute atomic E-state index is 13.5. The highest BCUT2D eigenvalue weighted by Gasteiger charge is 2.35. The minimum Gasteiger partial charge on any atom is -0.481 e. The lowest BCUT2D eigenvalue weighted by atomic mass is 9.97. The SMILES string of the molecule is O=C(O)CCOCC(COCCC(=O)O)(COCCC(=O)O)NC(=O)CCOCC(COCCC(=O)NC(COCCC(=O)O)(COCCC(=O)O)COCCC(=O)O)CC(=O)CCCNC(=O)OCc1c2ccccc2cc2ccccc12. The van der Waals surface area contributed by atoms with Crippen LogP contribution in [0.5, 0.6) is 0 Å². The van der Waals surface area contributed by atoms with E-state index in [4.69, 9.17) is 73.3 Å². The fourth-order valence-electron chi connectivity index (χ4n) is 8.09. The number of ketones is 1. The standard InChI is InChI=1S/C56H77N3O25/c60-42(8-5-19-57-54(75)84-32-45-43-9-3-1-6-40(43)29-41-7-2-4-10-44(41)45)28-39(30-76-20-11-46(61)58-55(33-78-22-13-48(63)64,34-79-23-14-49(65)66)35-80-24-15-50(67)68)31-77-21-12-47(62)59-56(36-81-25-16-51(69)70,37-82-26-17-52(71)72)38-83-27-18-53(73)74/h1-4,6-7,9-10,29,39H,5,8,11-28,30-38H2,(H,57,75)(H,58,61)(H,59,62)(H,63,64)(H,65,66)(H,67,68)(H,69,70)(H,71,72)(H,73,74). The van der Waals surface area contributed by atoms with E-state index >= 15 is 0 Å². The highest BCUT2D eigenvalue weighted by Crippen LogP contribution is 2.29. The zero-order valence-electron chi connectivity index (χ0n) is 46.7. The lowest BCUT2D eigenvalue weighted by Gasteiger charge is -2.34. The first-order chi connectivity index (χ1) is 40.2. The number of rotatable bonds is 50. The average Bonchev–Trinajstić information content (AvgIpc) is 3.56. The van der Waals surface area contributed by atoms with Crippen LogP contribution in [0.25, 0.3) is 21.5 Å². The Morgan fingerprint density at radius 3 is 1.11 bits per heavy atom. The molecule has 3 aromatic rings. The normalized spacial score (nSPS) is 11.6. The Hall–Kier alpha value is -7.44. The largest absolute Gasteiger partial charge is 0.481 e. The number of carboxylic acid groups (broad SMARTS) is 6. The van der Waals surface area contributed by atoms with E-state index < -0.39 is 109 Å². The van der Waals surface area contributed by atoms with Crippen molar-refractivity contribution in [3.8, 4) is 0 Å². The number of Topliss-reactive ketones (excluding diaryl/α,β-unsaturated/α-hetero) is 1. The topological polar surface area (TPSA) is 411 Å². The maximum Gasteiger partial charge on any atom is 0.407 e. The smallest absolute Gasteiger partial charge is 0.407 e. The molecule has 28 heteroatoms. The number of alkyl carbamates (subject to hydrolysis) is 1. The Bertz CT molecular complexity index is 2330. The Labute approximate surface area is 483 Å². The van der Waals surface area contributed by atoms with Crippen LogP contribution in [0.2, 0.25) is 0 Å². The van der Waals surface area contributed by atoms with Crippen LogP contribution >= 0.6 is 0 Å². The van der Waals surface area contributed by atoms with E-state index in [2.05, 4.69) is 22.0 Å². The van der Waals surface area contributed by atoms with E-state index in [0.29, 0.717) is 0 Å². The number of amides is 3. The van der Waals surface area contributed by atoms with E-state index in [0.717, 1.165) is 27.1 Å². The van der Waals surface area contributed by atoms with Gasteiger partial charge < -0.3 is 89.2 Å². The summed E-state index contributed by atoms with van der Waals surface area (Å²) in [5.74, 6) is -9.25. The number of hydrogen-bond donors (Lipinski definition) is 9. The molecule has 0 unspecified atom stereocenters. The number of benzene rings is 3. The second-order valence-corrected chi connectivity index (χ2v) is 19.5. The van der Waals surface area contributed by atoms with Crippen molar-refractivity contribution >= 4 is 81.1 Å². The molecule has 466 valence electrons. The van der Waals surface area contributed by atoms with Gasteiger partial charge in [-0.15, -0.1) is 0 Å². The Kier molecular flexibility index (Phi) is 33.7. The molecule has 28 nitrogen and oxygen atoms in total. The average molecular weight is 1190 g/mol. The maximum atomic E-state index is 13.5. The third kappa shape index (κ3) is 30.7. The number of fused-ring (bicyclic) bond motifs is 2. The molecule has 3 rings (SSSR count). The first-order valence-electron chi connectivity index (χ1n) is 27.1. The predicted octanol–water partition coefficient (Wildman–Crippen LogP) is 3.05. The minimum atomic E-state index is -1.55. The quantitative estimate of drug-likeness (QED) is 0.0290. The number of hydrogen-bond acceptors (Lipinski definition) is 19. The molecule has 0 fully saturated rings. The van der Waals surface area contributed by atoms with Gasteiger partial charge in [0.05, 0.1) is 144 Å². The second-order valence-electron chi connectivity index (χ2n) is 19.5. The molecule has 0 saturated heterocycles. The summed E-state index contributed by atoms with van der Waals surface area (Å²) in [4.78, 5) is 120. The number of carbonyl (C=O) groups is 10. The molecule has 0 spiro atoms. The van der Waals surface area contributed by atoms with Crippen LogP contribution in [-0.4, -0.2) is 213 Å². The van der Waals surface area contributed by atoms with Gasteiger partial charge in [0, 0.05) is 43.7 Å². The van der Waals surface area contributed by atoms with Gasteiger partial charge in [-0.05, 0) is 34.0 Å². The van der Waals surface area contributed by atoms with Gasteiger partial charge in [0.15, 0.2) is 0 Å². The number of carboxylic acids is 6. The molecule has 0 aliphatic rings. The van der Waals surface area contributed by atoms with Crippen LogP contribution < -0.4 is 16.0 Å². The number of ether oxygens (including phenoxy) is 9. The summed E-state index contributed by atoms with van der Waals surface area (Å²) in [6.07, 6.45) is -3.61. The molecule has 0 saturated carbocycles. The molecule has 3 amide bonds. The highest BCUT2D eigenvalue weighted by atomic mass is 16.6. The van der Waals surface area contributed by atoms with Gasteiger partial charge in [-0.25, -0.2) is 4.79 Å². The molecule has 0 heterocycles. The van der Waals surface area contributed by atoms with Crippen LogP contribution in [0, 0.1) is 5.92 Å². The third-order valence-corrected chi connectivity index (χ3v) is 12.1. The highest BCUT2D eigenvalue weighted by molar-refractivity contribution is 6.02. The third-order valence-electron chi connectivity index (χ3n) is 12.1. The molecule has 0 radical (unpaired) electrons. The molecular formula is C56H77N3O25. The van der Waals surface area contributed by atoms with Crippen molar-refractivity contribution in [3.05, 3.63) is 60.2 Å². The van der Waals surface area contributed by atoms with Crippen molar-refractivity contribution in [2.24, 2.45) is 5.92 Å². The van der Waals surface area contributed by atoms with Gasteiger partial charge in [-0.3, -0.25) is 43.2 Å².